The number of anilines is 1. The number of aryl methyl sites for hydroxylation is 1. The van der Waals surface area contributed by atoms with E-state index in [0.717, 1.165) is 21.3 Å². The Morgan fingerprint density at radius 3 is 2.76 bits per heavy atom. The lowest BCUT2D eigenvalue weighted by Crippen LogP contribution is -2.03. The predicted octanol–water partition coefficient (Wildman–Crippen LogP) is 5.57. The van der Waals surface area contributed by atoms with E-state index in [1.54, 1.807) is 17.4 Å². The minimum atomic E-state index is 0.230. The van der Waals surface area contributed by atoms with E-state index in [4.69, 9.17) is 34.8 Å². The first-order chi connectivity index (χ1) is 10.0. The van der Waals surface area contributed by atoms with Gasteiger partial charge >= 0.3 is 0 Å². The number of aromatic nitrogens is 2. The van der Waals surface area contributed by atoms with Crippen LogP contribution in [-0.4, -0.2) is 9.97 Å². The second kappa shape index (κ2) is 5.97. The molecule has 3 aromatic rings. The van der Waals surface area contributed by atoms with Crippen LogP contribution in [-0.2, 0) is 6.54 Å². The summed E-state index contributed by atoms with van der Waals surface area (Å²) in [4.78, 5) is 8.52. The molecule has 0 aliphatic rings. The molecule has 21 heavy (non-hydrogen) atoms. The minimum absolute atomic E-state index is 0.230. The molecule has 0 fully saturated rings. The van der Waals surface area contributed by atoms with Crippen LogP contribution < -0.4 is 5.32 Å². The van der Waals surface area contributed by atoms with Crippen molar-refractivity contribution in [2.75, 3.05) is 5.32 Å². The Kier molecular flexibility index (Phi) is 4.22. The molecule has 0 atom stereocenters. The van der Waals surface area contributed by atoms with Crippen molar-refractivity contribution in [3.8, 4) is 0 Å². The van der Waals surface area contributed by atoms with Gasteiger partial charge < -0.3 is 5.32 Å². The quantitative estimate of drug-likeness (QED) is 0.622. The molecule has 0 aliphatic heterocycles. The fourth-order valence-corrected chi connectivity index (χ4v) is 3.57. The number of rotatable bonds is 3. The van der Waals surface area contributed by atoms with Gasteiger partial charge in [-0.3, -0.25) is 0 Å². The van der Waals surface area contributed by atoms with E-state index < -0.39 is 0 Å². The molecule has 0 radical (unpaired) electrons. The first-order valence-corrected chi connectivity index (χ1v) is 8.15. The number of nitrogens with zero attached hydrogens (tertiary/aromatic N) is 2. The first-order valence-electron chi connectivity index (χ1n) is 6.14. The van der Waals surface area contributed by atoms with Gasteiger partial charge in [-0.1, -0.05) is 29.3 Å². The maximum absolute atomic E-state index is 6.17. The zero-order valence-electron chi connectivity index (χ0n) is 11.0. The summed E-state index contributed by atoms with van der Waals surface area (Å²) >= 11 is 19.6. The topological polar surface area (TPSA) is 37.8 Å². The summed E-state index contributed by atoms with van der Waals surface area (Å²) in [5.74, 6) is 0.717. The summed E-state index contributed by atoms with van der Waals surface area (Å²) in [5, 5.41) is 6.77. The number of thiophene rings is 1. The average molecular weight is 359 g/mol. The van der Waals surface area contributed by atoms with Crippen LogP contribution in [0.2, 0.25) is 15.3 Å². The van der Waals surface area contributed by atoms with Gasteiger partial charge in [-0.25, -0.2) is 4.98 Å². The predicted molar refractivity (Wildman–Crippen MR) is 91.0 cm³/mol. The smallest absolute Gasteiger partial charge is 0.224 e. The highest BCUT2D eigenvalue weighted by molar-refractivity contribution is 7.18. The van der Waals surface area contributed by atoms with Crippen molar-refractivity contribution < 1.29 is 0 Å². The van der Waals surface area contributed by atoms with Crippen molar-refractivity contribution in [3.05, 3.63) is 50.0 Å². The Hall–Kier alpha value is -1.07. The van der Waals surface area contributed by atoms with E-state index in [9.17, 15) is 0 Å². The molecule has 0 bridgehead atoms. The minimum Gasteiger partial charge on any atom is -0.365 e. The summed E-state index contributed by atoms with van der Waals surface area (Å²) in [6.07, 6.45) is 0. The molecular formula is C14H10Cl3N3S. The fourth-order valence-electron chi connectivity index (χ4n) is 1.97. The van der Waals surface area contributed by atoms with E-state index in [0.29, 0.717) is 22.4 Å². The van der Waals surface area contributed by atoms with Gasteiger partial charge in [0.2, 0.25) is 5.28 Å². The van der Waals surface area contributed by atoms with Gasteiger partial charge in [0.1, 0.15) is 5.82 Å². The van der Waals surface area contributed by atoms with Crippen LogP contribution in [0.1, 0.15) is 11.1 Å². The van der Waals surface area contributed by atoms with Gasteiger partial charge in [0.15, 0.2) is 0 Å². The monoisotopic (exact) mass is 357 g/mol. The van der Waals surface area contributed by atoms with E-state index in [1.807, 2.05) is 24.4 Å². The van der Waals surface area contributed by atoms with Crippen molar-refractivity contribution in [2.24, 2.45) is 0 Å². The highest BCUT2D eigenvalue weighted by Gasteiger charge is 2.11. The molecule has 3 rings (SSSR count). The van der Waals surface area contributed by atoms with E-state index >= 15 is 0 Å². The molecule has 2 heterocycles. The first kappa shape index (κ1) is 14.9. The van der Waals surface area contributed by atoms with Crippen LogP contribution in [0, 0.1) is 6.92 Å². The maximum Gasteiger partial charge on any atom is 0.224 e. The third-order valence-electron chi connectivity index (χ3n) is 3.03. The Morgan fingerprint density at radius 1 is 1.19 bits per heavy atom. The van der Waals surface area contributed by atoms with Crippen LogP contribution in [0.4, 0.5) is 5.82 Å². The summed E-state index contributed by atoms with van der Waals surface area (Å²) in [6, 6.07) is 5.41. The molecule has 7 heteroatoms. The highest BCUT2D eigenvalue weighted by Crippen LogP contribution is 2.31. The standard InChI is InChI=1S/C14H10Cl3N3S/c1-7-6-21-12-11(7)19-14(17)20-13(12)18-5-8-2-3-9(15)4-10(8)16/h2-4,6H,5H2,1H3,(H,18,19,20). The Morgan fingerprint density at radius 2 is 2.00 bits per heavy atom. The fraction of sp³-hybridized carbons (Fsp3) is 0.143. The normalized spacial score (nSPS) is 11.0. The van der Waals surface area contributed by atoms with Crippen molar-refractivity contribution in [2.45, 2.75) is 13.5 Å². The number of benzene rings is 1. The number of hydrogen-bond acceptors (Lipinski definition) is 4. The van der Waals surface area contributed by atoms with Crippen LogP contribution in [0.15, 0.2) is 23.6 Å². The van der Waals surface area contributed by atoms with Gasteiger partial charge in [0, 0.05) is 16.6 Å². The lowest BCUT2D eigenvalue weighted by Gasteiger charge is -2.09. The summed E-state index contributed by atoms with van der Waals surface area (Å²) < 4.78 is 0.988. The molecular weight excluding hydrogens is 349 g/mol. The van der Waals surface area contributed by atoms with Crippen LogP contribution in [0.5, 0.6) is 0 Å². The zero-order chi connectivity index (χ0) is 15.0. The molecule has 0 amide bonds. The van der Waals surface area contributed by atoms with Crippen LogP contribution in [0.25, 0.3) is 10.2 Å². The van der Waals surface area contributed by atoms with Gasteiger partial charge in [0.25, 0.3) is 0 Å². The summed E-state index contributed by atoms with van der Waals surface area (Å²) in [7, 11) is 0. The highest BCUT2D eigenvalue weighted by atomic mass is 35.5. The third kappa shape index (κ3) is 3.09. The summed E-state index contributed by atoms with van der Waals surface area (Å²) in [5.41, 5.74) is 2.91. The van der Waals surface area contributed by atoms with E-state index in [1.165, 1.54) is 0 Å². The molecule has 1 N–H and O–H groups in total. The zero-order valence-corrected chi connectivity index (χ0v) is 14.0. The van der Waals surface area contributed by atoms with Crippen molar-refractivity contribution in [3.63, 3.8) is 0 Å². The molecule has 108 valence electrons. The molecule has 0 saturated heterocycles. The van der Waals surface area contributed by atoms with Gasteiger partial charge in [-0.2, -0.15) is 4.98 Å². The molecule has 0 saturated carbocycles. The molecule has 1 aromatic carbocycles. The third-order valence-corrected chi connectivity index (χ3v) is 4.88. The van der Waals surface area contributed by atoms with Crippen LogP contribution >= 0.6 is 46.1 Å². The number of fused-ring (bicyclic) bond motifs is 1. The SMILES string of the molecule is Cc1csc2c(NCc3ccc(Cl)cc3Cl)nc(Cl)nc12. The van der Waals surface area contributed by atoms with Crippen molar-refractivity contribution >= 4 is 62.2 Å². The summed E-state index contributed by atoms with van der Waals surface area (Å²) in [6.45, 7) is 2.54. The van der Waals surface area contributed by atoms with Gasteiger partial charge in [-0.15, -0.1) is 11.3 Å². The van der Waals surface area contributed by atoms with Gasteiger partial charge in [0.05, 0.1) is 10.2 Å². The largest absolute Gasteiger partial charge is 0.365 e. The van der Waals surface area contributed by atoms with Crippen molar-refractivity contribution in [1.82, 2.24) is 9.97 Å². The molecule has 0 spiro atoms. The average Bonchev–Trinajstić information content (AvgIpc) is 2.79. The van der Waals surface area contributed by atoms with Gasteiger partial charge in [-0.05, 0) is 47.2 Å². The number of nitrogens with one attached hydrogen (secondary N) is 1. The Bertz CT molecular complexity index is 817. The second-order valence-electron chi connectivity index (χ2n) is 4.53. The molecule has 3 nitrogen and oxygen atoms in total. The Balaban J connectivity index is 1.91. The number of halogens is 3. The number of hydrogen-bond donors (Lipinski definition) is 1. The van der Waals surface area contributed by atoms with Crippen LogP contribution in [0.3, 0.4) is 0 Å². The second-order valence-corrected chi connectivity index (χ2v) is 6.59. The molecule has 0 aliphatic carbocycles. The van der Waals surface area contributed by atoms with E-state index in [2.05, 4.69) is 15.3 Å². The lowest BCUT2D eigenvalue weighted by atomic mass is 10.2. The maximum atomic E-state index is 6.17. The van der Waals surface area contributed by atoms with E-state index in [-0.39, 0.29) is 5.28 Å². The van der Waals surface area contributed by atoms with Crippen molar-refractivity contribution in [1.29, 1.82) is 0 Å². The lowest BCUT2D eigenvalue weighted by molar-refractivity contribution is 1.10. The molecule has 2 aromatic heterocycles. The Labute approximate surface area is 140 Å². The molecule has 0 unspecified atom stereocenters.